The number of carbonyl (C=O) groups excluding carboxylic acids is 4. The summed E-state index contributed by atoms with van der Waals surface area (Å²) in [5, 5.41) is 0. The van der Waals surface area contributed by atoms with E-state index in [1.54, 1.807) is 14.1 Å². The zero-order valence-corrected chi connectivity index (χ0v) is 14.9. The molecule has 0 heterocycles. The van der Waals surface area contributed by atoms with Crippen LogP contribution in [0.25, 0.3) is 0 Å². The van der Waals surface area contributed by atoms with Crippen molar-refractivity contribution in [3.8, 4) is 0 Å². The fraction of sp³-hybridized carbons (Fsp3) is 0.750. The first-order chi connectivity index (χ1) is 11.0. The van der Waals surface area contributed by atoms with Crippen molar-refractivity contribution in [3.05, 3.63) is 0 Å². The molecule has 1 aliphatic carbocycles. The first kappa shape index (κ1) is 19.9. The third kappa shape index (κ3) is 3.09. The van der Waals surface area contributed by atoms with E-state index in [1.807, 2.05) is 0 Å². The van der Waals surface area contributed by atoms with Crippen LogP contribution in [0.4, 0.5) is 0 Å². The summed E-state index contributed by atoms with van der Waals surface area (Å²) < 4.78 is 0. The number of hydrogen-bond acceptors (Lipinski definition) is 4. The predicted octanol–water partition coefficient (Wildman–Crippen LogP) is -0.540. The largest absolute Gasteiger partial charge is 0.368 e. The highest BCUT2D eigenvalue weighted by Crippen LogP contribution is 2.53. The number of hydrogen-bond donors (Lipinski definition) is 2. The monoisotopic (exact) mass is 340 g/mol. The average Bonchev–Trinajstić information content (AvgIpc) is 2.47. The second-order valence-electron chi connectivity index (χ2n) is 6.98. The summed E-state index contributed by atoms with van der Waals surface area (Å²) in [5.41, 5.74) is 7.73. The second-order valence-corrected chi connectivity index (χ2v) is 6.98. The summed E-state index contributed by atoms with van der Waals surface area (Å²) in [4.78, 5) is 52.7. The first-order valence-corrected chi connectivity index (χ1v) is 8.04. The van der Waals surface area contributed by atoms with Gasteiger partial charge in [-0.2, -0.15) is 0 Å². The van der Waals surface area contributed by atoms with Crippen LogP contribution in [0.2, 0.25) is 0 Å². The van der Waals surface area contributed by atoms with Crippen molar-refractivity contribution >= 4 is 23.6 Å². The molecule has 24 heavy (non-hydrogen) atoms. The smallest absolute Gasteiger partial charge is 0.248 e. The summed E-state index contributed by atoms with van der Waals surface area (Å²) in [5.74, 6) is -3.18. The molecule has 1 fully saturated rings. The lowest BCUT2D eigenvalue weighted by molar-refractivity contribution is -0.168. The van der Waals surface area contributed by atoms with Crippen LogP contribution < -0.4 is 11.5 Å². The number of nitrogens with two attached hydrogens (primary N) is 2. The lowest BCUT2D eigenvalue weighted by atomic mass is 9.53. The Kier molecular flexibility index (Phi) is 5.97. The number of primary amides is 2. The lowest BCUT2D eigenvalue weighted by Gasteiger charge is -2.48. The maximum absolute atomic E-state index is 12.9. The Morgan fingerprint density at radius 2 is 1.33 bits per heavy atom. The van der Waals surface area contributed by atoms with Crippen LogP contribution in [0, 0.1) is 10.8 Å². The Morgan fingerprint density at radius 3 is 1.67 bits per heavy atom. The van der Waals surface area contributed by atoms with E-state index in [1.165, 1.54) is 19.0 Å². The molecule has 8 nitrogen and oxygen atoms in total. The van der Waals surface area contributed by atoms with Crippen molar-refractivity contribution < 1.29 is 19.2 Å². The van der Waals surface area contributed by atoms with E-state index in [9.17, 15) is 19.2 Å². The topological polar surface area (TPSA) is 127 Å². The van der Waals surface area contributed by atoms with E-state index < -0.39 is 28.6 Å². The molecule has 1 rings (SSSR count). The van der Waals surface area contributed by atoms with Gasteiger partial charge in [0, 0.05) is 40.0 Å². The fourth-order valence-corrected chi connectivity index (χ4v) is 3.78. The molecule has 0 aromatic carbocycles. The third-order valence-corrected chi connectivity index (χ3v) is 5.06. The molecule has 1 saturated carbocycles. The van der Waals surface area contributed by atoms with Crippen LogP contribution in [-0.2, 0) is 19.2 Å². The molecule has 0 aromatic rings. The lowest BCUT2D eigenvalue weighted by Crippen LogP contribution is -2.66. The average molecular weight is 340 g/mol. The Hall–Kier alpha value is -2.12. The van der Waals surface area contributed by atoms with Gasteiger partial charge in [0.05, 0.1) is 0 Å². The molecule has 0 bridgehead atoms. The van der Waals surface area contributed by atoms with Crippen molar-refractivity contribution in [3.63, 3.8) is 0 Å². The molecule has 8 heteroatoms. The highest BCUT2D eigenvalue weighted by molar-refractivity contribution is 6.22. The van der Waals surface area contributed by atoms with Gasteiger partial charge >= 0.3 is 0 Å². The normalized spacial score (nSPS) is 17.0. The minimum Gasteiger partial charge on any atom is -0.368 e. The van der Waals surface area contributed by atoms with Gasteiger partial charge < -0.3 is 21.3 Å². The summed E-state index contributed by atoms with van der Waals surface area (Å²) in [6, 6.07) is 0. The highest BCUT2D eigenvalue weighted by atomic mass is 16.2. The zero-order chi connectivity index (χ0) is 18.7. The van der Waals surface area contributed by atoms with Crippen molar-refractivity contribution in [1.82, 2.24) is 9.80 Å². The number of nitrogens with zero attached hydrogens (tertiary/aromatic N) is 2. The Bertz CT molecular complexity index is 522. The van der Waals surface area contributed by atoms with Crippen LogP contribution in [0.1, 0.15) is 38.5 Å². The second kappa shape index (κ2) is 7.19. The van der Waals surface area contributed by atoms with Gasteiger partial charge in [-0.1, -0.05) is 19.3 Å². The van der Waals surface area contributed by atoms with Gasteiger partial charge in [-0.05, 0) is 12.8 Å². The predicted molar refractivity (Wildman–Crippen MR) is 88.3 cm³/mol. The van der Waals surface area contributed by atoms with Crippen LogP contribution in [0.5, 0.6) is 0 Å². The van der Waals surface area contributed by atoms with E-state index >= 15 is 0 Å². The summed E-state index contributed by atoms with van der Waals surface area (Å²) >= 11 is 0. The molecule has 0 saturated heterocycles. The van der Waals surface area contributed by atoms with Gasteiger partial charge in [-0.15, -0.1) is 0 Å². The van der Waals surface area contributed by atoms with Crippen molar-refractivity contribution in [1.29, 1.82) is 0 Å². The highest BCUT2D eigenvalue weighted by Gasteiger charge is 2.65. The zero-order valence-electron chi connectivity index (χ0n) is 14.9. The van der Waals surface area contributed by atoms with E-state index in [0.29, 0.717) is 25.7 Å². The van der Waals surface area contributed by atoms with Gasteiger partial charge in [-0.25, -0.2) is 0 Å². The third-order valence-electron chi connectivity index (χ3n) is 5.06. The van der Waals surface area contributed by atoms with Crippen LogP contribution in [0.15, 0.2) is 0 Å². The van der Waals surface area contributed by atoms with Crippen LogP contribution >= 0.6 is 0 Å². The molecule has 0 unspecified atom stereocenters. The van der Waals surface area contributed by atoms with E-state index in [-0.39, 0.29) is 12.3 Å². The molecule has 4 N–H and O–H groups in total. The van der Waals surface area contributed by atoms with Crippen LogP contribution in [-0.4, -0.2) is 61.6 Å². The van der Waals surface area contributed by atoms with Crippen molar-refractivity contribution in [2.75, 3.05) is 28.2 Å². The van der Waals surface area contributed by atoms with Gasteiger partial charge in [-0.3, -0.25) is 19.2 Å². The van der Waals surface area contributed by atoms with E-state index in [0.717, 1.165) is 11.3 Å². The quantitative estimate of drug-likeness (QED) is 0.629. The minimum atomic E-state index is -2.22. The summed E-state index contributed by atoms with van der Waals surface area (Å²) in [6.45, 7) is 0. The summed E-state index contributed by atoms with van der Waals surface area (Å²) in [7, 11) is 6.05. The van der Waals surface area contributed by atoms with E-state index in [4.69, 9.17) is 11.5 Å². The Labute approximate surface area is 142 Å². The SMILES string of the molecule is CN(C)C(=O)CC1(C(C(N)=O)(C(N)=O)C(=O)N(C)C)CCCCC1. The number of carbonyl (C=O) groups is 4. The van der Waals surface area contributed by atoms with Crippen molar-refractivity contribution in [2.24, 2.45) is 22.3 Å². The molecular weight excluding hydrogens is 312 g/mol. The fourth-order valence-electron chi connectivity index (χ4n) is 3.78. The summed E-state index contributed by atoms with van der Waals surface area (Å²) in [6.07, 6.45) is 2.93. The maximum Gasteiger partial charge on any atom is 0.248 e. The molecule has 0 aliphatic heterocycles. The Balaban J connectivity index is 3.62. The minimum absolute atomic E-state index is 0.120. The first-order valence-electron chi connectivity index (χ1n) is 8.04. The molecule has 0 aromatic heterocycles. The molecule has 136 valence electrons. The van der Waals surface area contributed by atoms with Crippen molar-refractivity contribution in [2.45, 2.75) is 38.5 Å². The van der Waals surface area contributed by atoms with Gasteiger partial charge in [0.1, 0.15) is 0 Å². The van der Waals surface area contributed by atoms with E-state index in [2.05, 4.69) is 0 Å². The molecule has 0 atom stereocenters. The number of amides is 4. The van der Waals surface area contributed by atoms with Gasteiger partial charge in [0.15, 0.2) is 0 Å². The molecule has 0 radical (unpaired) electrons. The maximum atomic E-state index is 12.9. The Morgan fingerprint density at radius 1 is 0.875 bits per heavy atom. The molecule has 0 spiro atoms. The number of rotatable bonds is 6. The molecule has 1 aliphatic rings. The van der Waals surface area contributed by atoms with Gasteiger partial charge in [0.25, 0.3) is 0 Å². The molecule has 4 amide bonds. The standard InChI is InChI=1S/C16H28N4O4/c1-19(2)11(21)10-15(8-6-5-7-9-15)16(12(17)22,13(18)23)14(24)20(3)4/h5-10H2,1-4H3,(H2,17,22)(H2,18,23). The van der Waals surface area contributed by atoms with Gasteiger partial charge in [0.2, 0.25) is 29.0 Å². The molecular formula is C16H28N4O4. The van der Waals surface area contributed by atoms with Crippen LogP contribution in [0.3, 0.4) is 0 Å².